The minimum atomic E-state index is -4.04. The van der Waals surface area contributed by atoms with Gasteiger partial charge in [-0.1, -0.05) is 59.6 Å². The molecule has 1 aliphatic heterocycles. The number of hydrogen-bond acceptors (Lipinski definition) is 6. The third kappa shape index (κ3) is 8.06. The highest BCUT2D eigenvalue weighted by Crippen LogP contribution is 2.32. The number of nitrogen functional groups attached to an aromatic ring is 1. The smallest absolute Gasteiger partial charge is 0.314 e. The van der Waals surface area contributed by atoms with Crippen molar-refractivity contribution in [1.82, 2.24) is 29.8 Å². The SMILES string of the molecule is CCNC(=O)NCCN1CCn2c(cnc2[C@H](Cc2cccc(C(=N)N)c2)NS(=O)(=O)c2cccc(-c3ccc(Cl)cc3Cl)c2)C1. The van der Waals surface area contributed by atoms with Crippen LogP contribution in [0.4, 0.5) is 4.79 Å². The number of fused-ring (bicyclic) bond motifs is 1. The summed E-state index contributed by atoms with van der Waals surface area (Å²) in [5, 5.41) is 14.3. The van der Waals surface area contributed by atoms with E-state index in [2.05, 4.69) is 24.8 Å². The lowest BCUT2D eigenvalue weighted by Gasteiger charge is -2.30. The molecule has 1 aromatic heterocycles. The fourth-order valence-electron chi connectivity index (χ4n) is 5.48. The molecule has 0 unspecified atom stereocenters. The van der Waals surface area contributed by atoms with Crippen molar-refractivity contribution in [3.05, 3.63) is 106 Å². The van der Waals surface area contributed by atoms with E-state index in [9.17, 15) is 13.2 Å². The lowest BCUT2D eigenvalue weighted by molar-refractivity contribution is 0.213. The molecule has 2 amide bonds. The molecule has 1 atom stereocenters. The number of carbonyl (C=O) groups is 1. The van der Waals surface area contributed by atoms with Gasteiger partial charge in [0.1, 0.15) is 11.7 Å². The van der Waals surface area contributed by atoms with E-state index in [1.54, 1.807) is 60.8 Å². The van der Waals surface area contributed by atoms with Crippen molar-refractivity contribution >= 4 is 45.1 Å². The van der Waals surface area contributed by atoms with E-state index in [-0.39, 0.29) is 23.2 Å². The highest BCUT2D eigenvalue weighted by Gasteiger charge is 2.29. The van der Waals surface area contributed by atoms with Crippen LogP contribution in [-0.4, -0.2) is 60.9 Å². The number of nitrogens with two attached hydrogens (primary N) is 1. The molecule has 242 valence electrons. The average Bonchev–Trinajstić information content (AvgIpc) is 3.44. The molecule has 0 aliphatic carbocycles. The molecule has 4 aromatic rings. The molecule has 11 nitrogen and oxygen atoms in total. The van der Waals surface area contributed by atoms with Crippen LogP contribution in [0.2, 0.25) is 10.0 Å². The quantitative estimate of drug-likeness (QED) is 0.109. The number of amidine groups is 1. The Kier molecular flexibility index (Phi) is 10.6. The number of sulfonamides is 1. The number of hydrogen-bond donors (Lipinski definition) is 5. The van der Waals surface area contributed by atoms with E-state index < -0.39 is 16.1 Å². The van der Waals surface area contributed by atoms with Gasteiger partial charge < -0.3 is 20.9 Å². The van der Waals surface area contributed by atoms with Gasteiger partial charge in [-0.3, -0.25) is 10.3 Å². The number of nitrogens with one attached hydrogen (secondary N) is 4. The van der Waals surface area contributed by atoms with Crippen LogP contribution in [0.1, 0.15) is 35.6 Å². The highest BCUT2D eigenvalue weighted by molar-refractivity contribution is 7.89. The maximum atomic E-state index is 14.0. The highest BCUT2D eigenvalue weighted by atomic mass is 35.5. The molecule has 6 N–H and O–H groups in total. The van der Waals surface area contributed by atoms with Gasteiger partial charge in [-0.05, 0) is 54.8 Å². The first-order valence-electron chi connectivity index (χ1n) is 14.8. The lowest BCUT2D eigenvalue weighted by atomic mass is 10.0. The number of rotatable bonds is 12. The van der Waals surface area contributed by atoms with Crippen LogP contribution in [0.15, 0.2) is 77.8 Å². The Morgan fingerprint density at radius 1 is 1.07 bits per heavy atom. The van der Waals surface area contributed by atoms with Gasteiger partial charge in [0.25, 0.3) is 0 Å². The summed E-state index contributed by atoms with van der Waals surface area (Å²) >= 11 is 12.5. The average molecular weight is 684 g/mol. The summed E-state index contributed by atoms with van der Waals surface area (Å²) in [7, 11) is -4.04. The fraction of sp³-hybridized carbons (Fsp3) is 0.281. The first-order valence-corrected chi connectivity index (χ1v) is 17.1. The van der Waals surface area contributed by atoms with Crippen molar-refractivity contribution < 1.29 is 13.2 Å². The third-order valence-corrected chi connectivity index (χ3v) is 9.74. The van der Waals surface area contributed by atoms with Gasteiger partial charge >= 0.3 is 6.03 Å². The van der Waals surface area contributed by atoms with E-state index >= 15 is 0 Å². The summed E-state index contributed by atoms with van der Waals surface area (Å²) < 4.78 is 32.9. The number of benzene rings is 3. The molecule has 0 radical (unpaired) electrons. The zero-order valence-corrected chi connectivity index (χ0v) is 27.6. The molecule has 5 rings (SSSR count). The molecule has 0 fully saturated rings. The molecular weight excluding hydrogens is 647 g/mol. The second kappa shape index (κ2) is 14.7. The van der Waals surface area contributed by atoms with E-state index in [4.69, 9.17) is 39.3 Å². The van der Waals surface area contributed by atoms with Crippen molar-refractivity contribution in [2.24, 2.45) is 5.73 Å². The summed E-state index contributed by atoms with van der Waals surface area (Å²) in [5.41, 5.74) is 9.33. The van der Waals surface area contributed by atoms with E-state index in [1.807, 2.05) is 13.0 Å². The predicted octanol–water partition coefficient (Wildman–Crippen LogP) is 4.54. The lowest BCUT2D eigenvalue weighted by Crippen LogP contribution is -2.42. The van der Waals surface area contributed by atoms with Crippen LogP contribution in [0.25, 0.3) is 11.1 Å². The van der Waals surface area contributed by atoms with Gasteiger partial charge in [0, 0.05) is 66.6 Å². The zero-order chi connectivity index (χ0) is 32.8. The Morgan fingerprint density at radius 3 is 2.63 bits per heavy atom. The van der Waals surface area contributed by atoms with Crippen LogP contribution in [0, 0.1) is 5.41 Å². The predicted molar refractivity (Wildman–Crippen MR) is 181 cm³/mol. The first kappa shape index (κ1) is 33.4. The second-order valence-corrected chi connectivity index (χ2v) is 13.5. The number of halogens is 2. The van der Waals surface area contributed by atoms with Gasteiger partial charge in [-0.25, -0.2) is 22.9 Å². The topological polar surface area (TPSA) is 158 Å². The van der Waals surface area contributed by atoms with E-state index in [1.165, 1.54) is 6.07 Å². The Bertz CT molecular complexity index is 1850. The Labute approximate surface area is 278 Å². The monoisotopic (exact) mass is 682 g/mol. The maximum absolute atomic E-state index is 14.0. The Balaban J connectivity index is 1.42. The minimum Gasteiger partial charge on any atom is -0.384 e. The summed E-state index contributed by atoms with van der Waals surface area (Å²) in [6, 6.07) is 17.9. The largest absolute Gasteiger partial charge is 0.384 e. The van der Waals surface area contributed by atoms with E-state index in [0.29, 0.717) is 71.8 Å². The molecule has 0 saturated carbocycles. The van der Waals surface area contributed by atoms with Gasteiger partial charge in [0.15, 0.2) is 0 Å². The number of aromatic nitrogens is 2. The molecule has 14 heteroatoms. The van der Waals surface area contributed by atoms with Crippen molar-refractivity contribution in [1.29, 1.82) is 5.41 Å². The van der Waals surface area contributed by atoms with Crippen LogP contribution < -0.4 is 21.1 Å². The summed E-state index contributed by atoms with van der Waals surface area (Å²) in [5.74, 6) is 0.514. The zero-order valence-electron chi connectivity index (χ0n) is 25.3. The molecule has 0 bridgehead atoms. The molecular formula is C32H36Cl2N8O3S. The number of nitrogens with zero attached hydrogens (tertiary/aromatic N) is 3. The van der Waals surface area contributed by atoms with E-state index in [0.717, 1.165) is 11.3 Å². The molecule has 3 aromatic carbocycles. The minimum absolute atomic E-state index is 0.0726. The van der Waals surface area contributed by atoms with Crippen LogP contribution in [-0.2, 0) is 29.5 Å². The Hall–Kier alpha value is -3.94. The fourth-order valence-corrected chi connectivity index (χ4v) is 7.23. The van der Waals surface area contributed by atoms with Crippen LogP contribution in [0.5, 0.6) is 0 Å². The van der Waals surface area contributed by atoms with Gasteiger partial charge in [0.05, 0.1) is 16.6 Å². The summed E-state index contributed by atoms with van der Waals surface area (Å²) in [4.78, 5) is 18.8. The Morgan fingerprint density at radius 2 is 1.87 bits per heavy atom. The number of imidazole rings is 1. The van der Waals surface area contributed by atoms with Crippen LogP contribution >= 0.6 is 23.2 Å². The van der Waals surface area contributed by atoms with Crippen LogP contribution in [0.3, 0.4) is 0 Å². The normalized spacial score (nSPS) is 14.0. The van der Waals surface area contributed by atoms with Crippen molar-refractivity contribution in [2.45, 2.75) is 37.4 Å². The van der Waals surface area contributed by atoms with Gasteiger partial charge in [0.2, 0.25) is 10.0 Å². The standard InChI is InChI=1S/C32H36Cl2N8O3S/c1-2-37-32(43)38-11-12-41-13-14-42-25(20-41)19-39-31(42)29(16-21-5-3-7-23(15-21)30(35)36)40-46(44,45)26-8-4-6-22(17-26)27-10-9-24(33)18-28(27)34/h3-10,15,17-19,29,40H,2,11-14,16,20H2,1H3,(H3,35,36)(H2,37,38,43)/t29-/m0/s1. The third-order valence-electron chi connectivity index (χ3n) is 7.72. The number of urea groups is 1. The molecule has 0 spiro atoms. The summed E-state index contributed by atoms with van der Waals surface area (Å²) in [6.45, 7) is 5.50. The molecule has 1 aliphatic rings. The number of carbonyl (C=O) groups excluding carboxylic acids is 1. The number of amides is 2. The molecule has 0 saturated heterocycles. The molecule has 46 heavy (non-hydrogen) atoms. The molecule has 2 heterocycles. The van der Waals surface area contributed by atoms with Gasteiger partial charge in [-0.15, -0.1) is 0 Å². The van der Waals surface area contributed by atoms with Crippen molar-refractivity contribution in [3.63, 3.8) is 0 Å². The van der Waals surface area contributed by atoms with Gasteiger partial charge in [-0.2, -0.15) is 0 Å². The van der Waals surface area contributed by atoms with Crippen molar-refractivity contribution in [2.75, 3.05) is 26.2 Å². The maximum Gasteiger partial charge on any atom is 0.314 e. The second-order valence-electron chi connectivity index (χ2n) is 11.0. The first-order chi connectivity index (χ1) is 22.0. The summed E-state index contributed by atoms with van der Waals surface area (Å²) in [6.07, 6.45) is 2.05. The van der Waals surface area contributed by atoms with Crippen molar-refractivity contribution in [3.8, 4) is 11.1 Å².